The van der Waals surface area contributed by atoms with Crippen LogP contribution in [-0.2, 0) is 13.0 Å². The van der Waals surface area contributed by atoms with Crippen molar-refractivity contribution in [2.24, 2.45) is 0 Å². The fourth-order valence-electron chi connectivity index (χ4n) is 2.17. The minimum absolute atomic E-state index is 0.0122. The van der Waals surface area contributed by atoms with Crippen LogP contribution in [0.15, 0.2) is 42.5 Å². The molecule has 0 atom stereocenters. The van der Waals surface area contributed by atoms with Gasteiger partial charge in [-0.2, -0.15) is 0 Å². The van der Waals surface area contributed by atoms with Crippen molar-refractivity contribution in [3.05, 3.63) is 65.0 Å². The van der Waals surface area contributed by atoms with E-state index in [4.69, 9.17) is 4.74 Å². The lowest BCUT2D eigenvalue weighted by Crippen LogP contribution is -2.04. The quantitative estimate of drug-likeness (QED) is 0.764. The molecular weight excluding hydrogens is 255 g/mol. The van der Waals surface area contributed by atoms with Gasteiger partial charge in [0, 0.05) is 16.7 Å². The summed E-state index contributed by atoms with van der Waals surface area (Å²) in [6.45, 7) is 3.66. The van der Waals surface area contributed by atoms with Crippen LogP contribution in [0.2, 0.25) is 0 Å². The number of rotatable bonds is 5. The van der Waals surface area contributed by atoms with Gasteiger partial charge in [-0.1, -0.05) is 37.3 Å². The molecule has 0 spiro atoms. The van der Waals surface area contributed by atoms with E-state index in [2.05, 4.69) is 0 Å². The average molecular weight is 272 g/mol. The van der Waals surface area contributed by atoms with Gasteiger partial charge in [0.05, 0.1) is 0 Å². The Morgan fingerprint density at radius 1 is 1.15 bits per heavy atom. The van der Waals surface area contributed by atoms with Crippen LogP contribution < -0.4 is 4.74 Å². The van der Waals surface area contributed by atoms with Crippen molar-refractivity contribution < 1.29 is 13.9 Å². The van der Waals surface area contributed by atoms with Gasteiger partial charge >= 0.3 is 0 Å². The highest BCUT2D eigenvalue weighted by atomic mass is 19.1. The summed E-state index contributed by atoms with van der Waals surface area (Å²) in [5.41, 5.74) is 2.04. The number of carbonyl (C=O) groups excluding carboxylic acids is 1. The lowest BCUT2D eigenvalue weighted by molar-refractivity contribution is 0.101. The van der Waals surface area contributed by atoms with Gasteiger partial charge in [0.1, 0.15) is 18.2 Å². The maximum Gasteiger partial charge on any atom is 0.160 e. The van der Waals surface area contributed by atoms with E-state index in [1.54, 1.807) is 30.3 Å². The number of ether oxygens (including phenoxy) is 1. The van der Waals surface area contributed by atoms with Crippen molar-refractivity contribution in [3.8, 4) is 5.75 Å². The third kappa shape index (κ3) is 3.05. The monoisotopic (exact) mass is 272 g/mol. The second-order valence-electron chi connectivity index (χ2n) is 4.57. The zero-order valence-corrected chi connectivity index (χ0v) is 11.7. The lowest BCUT2D eigenvalue weighted by atomic mass is 10.0. The van der Waals surface area contributed by atoms with Gasteiger partial charge in [-0.3, -0.25) is 4.79 Å². The molecule has 2 aromatic carbocycles. The van der Waals surface area contributed by atoms with Crippen LogP contribution in [0, 0.1) is 5.82 Å². The maximum absolute atomic E-state index is 13.5. The molecule has 2 nitrogen and oxygen atoms in total. The van der Waals surface area contributed by atoms with E-state index < -0.39 is 0 Å². The minimum atomic E-state index is -0.284. The van der Waals surface area contributed by atoms with E-state index in [1.165, 1.54) is 13.0 Å². The smallest absolute Gasteiger partial charge is 0.160 e. The highest BCUT2D eigenvalue weighted by Gasteiger charge is 2.11. The van der Waals surface area contributed by atoms with Crippen molar-refractivity contribution in [1.82, 2.24) is 0 Å². The van der Waals surface area contributed by atoms with Crippen LogP contribution in [0.3, 0.4) is 0 Å². The Morgan fingerprint density at radius 2 is 1.90 bits per heavy atom. The van der Waals surface area contributed by atoms with Crippen LogP contribution in [0.4, 0.5) is 4.39 Å². The van der Waals surface area contributed by atoms with Gasteiger partial charge in [0.15, 0.2) is 5.78 Å². The minimum Gasteiger partial charge on any atom is -0.488 e. The SMILES string of the molecule is CCc1c(OCc2ccccc2F)cccc1C(C)=O. The molecular formula is C17H17FO2. The first-order valence-corrected chi connectivity index (χ1v) is 6.62. The zero-order valence-electron chi connectivity index (χ0n) is 11.7. The molecule has 0 saturated carbocycles. The third-order valence-electron chi connectivity index (χ3n) is 3.21. The number of Topliss-reactive ketones (excluding diaryl/α,β-unsaturated/α-hetero) is 1. The number of ketones is 1. The predicted octanol–water partition coefficient (Wildman–Crippen LogP) is 4.17. The molecule has 0 N–H and O–H groups in total. The Kier molecular flexibility index (Phi) is 4.51. The molecule has 20 heavy (non-hydrogen) atoms. The molecule has 2 rings (SSSR count). The maximum atomic E-state index is 13.5. The summed E-state index contributed by atoms with van der Waals surface area (Å²) < 4.78 is 19.2. The number of hydrogen-bond donors (Lipinski definition) is 0. The average Bonchev–Trinajstić information content (AvgIpc) is 2.45. The van der Waals surface area contributed by atoms with Gasteiger partial charge in [0.25, 0.3) is 0 Å². The molecule has 0 unspecified atom stereocenters. The molecule has 0 aliphatic heterocycles. The van der Waals surface area contributed by atoms with Gasteiger partial charge in [-0.25, -0.2) is 4.39 Å². The molecule has 0 saturated heterocycles. The van der Waals surface area contributed by atoms with Crippen molar-refractivity contribution in [2.45, 2.75) is 26.9 Å². The Bertz CT molecular complexity index is 620. The molecule has 0 aliphatic rings. The Balaban J connectivity index is 2.24. The van der Waals surface area contributed by atoms with E-state index >= 15 is 0 Å². The number of benzene rings is 2. The summed E-state index contributed by atoms with van der Waals surface area (Å²) >= 11 is 0. The molecule has 104 valence electrons. The summed E-state index contributed by atoms with van der Waals surface area (Å²) in [7, 11) is 0. The molecule has 2 aromatic rings. The van der Waals surface area contributed by atoms with Crippen LogP contribution >= 0.6 is 0 Å². The molecule has 0 radical (unpaired) electrons. The van der Waals surface area contributed by atoms with Crippen molar-refractivity contribution in [1.29, 1.82) is 0 Å². The number of halogens is 1. The highest BCUT2D eigenvalue weighted by molar-refractivity contribution is 5.96. The van der Waals surface area contributed by atoms with E-state index in [1.807, 2.05) is 13.0 Å². The topological polar surface area (TPSA) is 26.3 Å². The zero-order chi connectivity index (χ0) is 14.5. The van der Waals surface area contributed by atoms with E-state index in [0.717, 1.165) is 5.56 Å². The number of carbonyl (C=O) groups is 1. The first-order chi connectivity index (χ1) is 9.63. The molecule has 0 fully saturated rings. The molecule has 0 heterocycles. The molecule has 0 aliphatic carbocycles. The second-order valence-corrected chi connectivity index (χ2v) is 4.57. The van der Waals surface area contributed by atoms with Gasteiger partial charge < -0.3 is 4.74 Å². The first-order valence-electron chi connectivity index (χ1n) is 6.62. The van der Waals surface area contributed by atoms with Crippen LogP contribution in [0.5, 0.6) is 5.75 Å². The summed E-state index contributed by atoms with van der Waals surface area (Å²) in [6.07, 6.45) is 0.697. The molecule has 3 heteroatoms. The molecule has 0 aromatic heterocycles. The molecule has 0 amide bonds. The Hall–Kier alpha value is -2.16. The van der Waals surface area contributed by atoms with E-state index in [0.29, 0.717) is 23.3 Å². The van der Waals surface area contributed by atoms with Crippen molar-refractivity contribution >= 4 is 5.78 Å². The highest BCUT2D eigenvalue weighted by Crippen LogP contribution is 2.25. The second kappa shape index (κ2) is 6.33. The summed E-state index contributed by atoms with van der Waals surface area (Å²) in [4.78, 5) is 11.6. The fraction of sp³-hybridized carbons (Fsp3) is 0.235. The van der Waals surface area contributed by atoms with Crippen LogP contribution in [0.1, 0.15) is 35.3 Å². The lowest BCUT2D eigenvalue weighted by Gasteiger charge is -2.13. The van der Waals surface area contributed by atoms with E-state index in [9.17, 15) is 9.18 Å². The van der Waals surface area contributed by atoms with Crippen LogP contribution in [-0.4, -0.2) is 5.78 Å². The largest absolute Gasteiger partial charge is 0.488 e. The van der Waals surface area contributed by atoms with Crippen molar-refractivity contribution in [3.63, 3.8) is 0 Å². The third-order valence-corrected chi connectivity index (χ3v) is 3.21. The number of hydrogen-bond acceptors (Lipinski definition) is 2. The predicted molar refractivity (Wildman–Crippen MR) is 76.6 cm³/mol. The van der Waals surface area contributed by atoms with E-state index in [-0.39, 0.29) is 18.2 Å². The van der Waals surface area contributed by atoms with Crippen molar-refractivity contribution in [2.75, 3.05) is 0 Å². The normalized spacial score (nSPS) is 10.3. The van der Waals surface area contributed by atoms with Gasteiger partial charge in [-0.05, 0) is 25.5 Å². The summed E-state index contributed by atoms with van der Waals surface area (Å²) in [5.74, 6) is 0.370. The standard InChI is InChI=1S/C17H17FO2/c1-3-14-15(12(2)19)8-6-10-17(14)20-11-13-7-4-5-9-16(13)18/h4-10H,3,11H2,1-2H3. The summed E-state index contributed by atoms with van der Waals surface area (Å²) in [6, 6.07) is 11.9. The fourth-order valence-corrected chi connectivity index (χ4v) is 2.17. The van der Waals surface area contributed by atoms with Gasteiger partial charge in [-0.15, -0.1) is 0 Å². The first kappa shape index (κ1) is 14.3. The Morgan fingerprint density at radius 3 is 2.55 bits per heavy atom. The summed E-state index contributed by atoms with van der Waals surface area (Å²) in [5, 5.41) is 0. The molecule has 0 bridgehead atoms. The Labute approximate surface area is 118 Å². The van der Waals surface area contributed by atoms with Gasteiger partial charge in [0.2, 0.25) is 0 Å². The van der Waals surface area contributed by atoms with Crippen LogP contribution in [0.25, 0.3) is 0 Å².